The molecule has 78 valence electrons. The van der Waals surface area contributed by atoms with Crippen LogP contribution < -0.4 is 5.32 Å². The molecule has 1 unspecified atom stereocenters. The molecular formula is C9H19NO3. The summed E-state index contributed by atoms with van der Waals surface area (Å²) < 4.78 is 5.31. The lowest BCUT2D eigenvalue weighted by molar-refractivity contribution is -0.123. The second kappa shape index (κ2) is 8.01. The van der Waals surface area contributed by atoms with Crippen LogP contribution in [0.15, 0.2) is 0 Å². The van der Waals surface area contributed by atoms with E-state index in [1.807, 2.05) is 13.8 Å². The number of aliphatic hydroxyl groups excluding tert-OH is 1. The van der Waals surface area contributed by atoms with Crippen LogP contribution in [-0.2, 0) is 9.53 Å². The number of amides is 1. The Hall–Kier alpha value is -0.610. The van der Waals surface area contributed by atoms with Crippen LogP contribution in [0.1, 0.15) is 26.7 Å². The predicted octanol–water partition coefficient (Wildman–Crippen LogP) is 0.300. The summed E-state index contributed by atoms with van der Waals surface area (Å²) in [6.45, 7) is 4.88. The summed E-state index contributed by atoms with van der Waals surface area (Å²) in [7, 11) is 0. The van der Waals surface area contributed by atoms with Gasteiger partial charge >= 0.3 is 0 Å². The fourth-order valence-electron chi connectivity index (χ4n) is 1.04. The van der Waals surface area contributed by atoms with Gasteiger partial charge in [0.25, 0.3) is 0 Å². The summed E-state index contributed by atoms with van der Waals surface area (Å²) in [5.74, 6) is -0.316. The molecule has 2 N–H and O–H groups in total. The van der Waals surface area contributed by atoms with Gasteiger partial charge in [0.15, 0.2) is 0 Å². The number of carbonyl (C=O) groups is 1. The number of nitrogens with one attached hydrogen (secondary N) is 1. The Labute approximate surface area is 79.3 Å². The number of ether oxygens (including phenoxy) is 1. The quantitative estimate of drug-likeness (QED) is 0.566. The minimum Gasteiger partial charge on any atom is -0.387 e. The molecule has 0 saturated carbocycles. The monoisotopic (exact) mass is 189 g/mol. The van der Waals surface area contributed by atoms with E-state index in [1.165, 1.54) is 0 Å². The molecule has 0 aliphatic carbocycles. The van der Waals surface area contributed by atoms with Gasteiger partial charge in [0.1, 0.15) is 6.61 Å². The Balaban J connectivity index is 3.20. The molecule has 0 heterocycles. The van der Waals surface area contributed by atoms with Crippen LogP contribution in [0.4, 0.5) is 0 Å². The first-order valence-electron chi connectivity index (χ1n) is 4.69. The van der Waals surface area contributed by atoms with Gasteiger partial charge in [0, 0.05) is 13.2 Å². The highest BCUT2D eigenvalue weighted by atomic mass is 16.5. The Bertz CT molecular complexity index is 139. The van der Waals surface area contributed by atoms with E-state index in [4.69, 9.17) is 9.84 Å². The molecule has 1 amide bonds. The van der Waals surface area contributed by atoms with Crippen molar-refractivity contribution in [2.75, 3.05) is 19.8 Å². The standard InChI is InChI=1S/C9H19NO3/c1-3-13-8(2)5-4-6-10-9(12)7-11/h8,11H,3-7H2,1-2H3,(H,10,12). The van der Waals surface area contributed by atoms with Gasteiger partial charge in [-0.3, -0.25) is 4.79 Å². The highest BCUT2D eigenvalue weighted by Crippen LogP contribution is 1.99. The van der Waals surface area contributed by atoms with Crippen LogP contribution in [0, 0.1) is 0 Å². The van der Waals surface area contributed by atoms with E-state index in [2.05, 4.69) is 5.32 Å². The van der Waals surface area contributed by atoms with E-state index < -0.39 is 6.61 Å². The normalized spacial score (nSPS) is 12.5. The second-order valence-electron chi connectivity index (χ2n) is 2.92. The summed E-state index contributed by atoms with van der Waals surface area (Å²) in [6.07, 6.45) is 2.06. The lowest BCUT2D eigenvalue weighted by Gasteiger charge is -2.10. The van der Waals surface area contributed by atoms with E-state index in [-0.39, 0.29) is 12.0 Å². The Morgan fingerprint density at radius 3 is 2.85 bits per heavy atom. The van der Waals surface area contributed by atoms with E-state index in [0.717, 1.165) is 19.4 Å². The summed E-state index contributed by atoms with van der Waals surface area (Å²) in [4.78, 5) is 10.6. The number of carbonyl (C=O) groups excluding carboxylic acids is 1. The molecule has 0 aromatic carbocycles. The minimum atomic E-state index is -0.430. The maximum Gasteiger partial charge on any atom is 0.245 e. The molecule has 1 atom stereocenters. The van der Waals surface area contributed by atoms with E-state index in [9.17, 15) is 4.79 Å². The third-order valence-electron chi connectivity index (χ3n) is 1.70. The zero-order chi connectivity index (χ0) is 10.1. The molecule has 0 aromatic heterocycles. The fraction of sp³-hybridized carbons (Fsp3) is 0.889. The highest BCUT2D eigenvalue weighted by Gasteiger charge is 2.01. The van der Waals surface area contributed by atoms with Gasteiger partial charge < -0.3 is 15.2 Å². The van der Waals surface area contributed by atoms with Crippen LogP contribution in [0.5, 0.6) is 0 Å². The van der Waals surface area contributed by atoms with Crippen LogP contribution in [0.25, 0.3) is 0 Å². The highest BCUT2D eigenvalue weighted by molar-refractivity contribution is 5.76. The molecule has 0 radical (unpaired) electrons. The molecule has 0 aliphatic heterocycles. The zero-order valence-electron chi connectivity index (χ0n) is 8.38. The summed E-state index contributed by atoms with van der Waals surface area (Å²) in [5, 5.41) is 11.0. The predicted molar refractivity (Wildman–Crippen MR) is 50.4 cm³/mol. The van der Waals surface area contributed by atoms with Crippen molar-refractivity contribution < 1.29 is 14.6 Å². The molecular weight excluding hydrogens is 170 g/mol. The topological polar surface area (TPSA) is 58.6 Å². The smallest absolute Gasteiger partial charge is 0.245 e. The molecule has 0 aromatic rings. The first-order valence-corrected chi connectivity index (χ1v) is 4.69. The summed E-state index contributed by atoms with van der Waals surface area (Å²) in [5.41, 5.74) is 0. The third-order valence-corrected chi connectivity index (χ3v) is 1.70. The first-order chi connectivity index (χ1) is 6.20. The van der Waals surface area contributed by atoms with Crippen molar-refractivity contribution in [3.05, 3.63) is 0 Å². The van der Waals surface area contributed by atoms with Crippen LogP contribution >= 0.6 is 0 Å². The average Bonchev–Trinajstić information content (AvgIpc) is 2.12. The van der Waals surface area contributed by atoms with Gasteiger partial charge in [-0.1, -0.05) is 0 Å². The van der Waals surface area contributed by atoms with Crippen LogP contribution in [-0.4, -0.2) is 36.9 Å². The van der Waals surface area contributed by atoms with E-state index in [1.54, 1.807) is 0 Å². The van der Waals surface area contributed by atoms with Crippen molar-refractivity contribution in [1.82, 2.24) is 5.32 Å². The largest absolute Gasteiger partial charge is 0.387 e. The molecule has 0 spiro atoms. The first kappa shape index (κ1) is 12.4. The van der Waals surface area contributed by atoms with Crippen molar-refractivity contribution in [1.29, 1.82) is 0 Å². The zero-order valence-corrected chi connectivity index (χ0v) is 8.38. The molecule has 0 saturated heterocycles. The van der Waals surface area contributed by atoms with Crippen molar-refractivity contribution >= 4 is 5.91 Å². The van der Waals surface area contributed by atoms with Crippen molar-refractivity contribution in [2.45, 2.75) is 32.8 Å². The maximum atomic E-state index is 10.6. The van der Waals surface area contributed by atoms with E-state index >= 15 is 0 Å². The lowest BCUT2D eigenvalue weighted by Crippen LogP contribution is -2.27. The SMILES string of the molecule is CCOC(C)CCCNC(=O)CO. The van der Waals surface area contributed by atoms with Crippen LogP contribution in [0.2, 0.25) is 0 Å². The Morgan fingerprint density at radius 2 is 2.31 bits per heavy atom. The van der Waals surface area contributed by atoms with Crippen LogP contribution in [0.3, 0.4) is 0 Å². The number of rotatable bonds is 7. The number of aliphatic hydroxyl groups is 1. The Kier molecular flexibility index (Phi) is 7.63. The molecule has 0 aliphatic rings. The fourth-order valence-corrected chi connectivity index (χ4v) is 1.04. The lowest BCUT2D eigenvalue weighted by atomic mass is 10.2. The molecule has 0 rings (SSSR count). The minimum absolute atomic E-state index is 0.246. The molecule has 4 heteroatoms. The van der Waals surface area contributed by atoms with Crippen molar-refractivity contribution in [3.63, 3.8) is 0 Å². The summed E-state index contributed by atoms with van der Waals surface area (Å²) in [6, 6.07) is 0. The molecule has 13 heavy (non-hydrogen) atoms. The van der Waals surface area contributed by atoms with Crippen molar-refractivity contribution in [3.8, 4) is 0 Å². The maximum absolute atomic E-state index is 10.6. The number of hydrogen-bond donors (Lipinski definition) is 2. The molecule has 4 nitrogen and oxygen atoms in total. The molecule has 0 bridgehead atoms. The van der Waals surface area contributed by atoms with Gasteiger partial charge in [0.2, 0.25) is 5.91 Å². The van der Waals surface area contributed by atoms with Gasteiger partial charge in [-0.15, -0.1) is 0 Å². The molecule has 0 fully saturated rings. The third kappa shape index (κ3) is 7.74. The average molecular weight is 189 g/mol. The van der Waals surface area contributed by atoms with Gasteiger partial charge in [-0.2, -0.15) is 0 Å². The number of hydrogen-bond acceptors (Lipinski definition) is 3. The van der Waals surface area contributed by atoms with Gasteiger partial charge in [-0.25, -0.2) is 0 Å². The Morgan fingerprint density at radius 1 is 1.62 bits per heavy atom. The van der Waals surface area contributed by atoms with Gasteiger partial charge in [-0.05, 0) is 26.7 Å². The van der Waals surface area contributed by atoms with E-state index in [0.29, 0.717) is 6.54 Å². The van der Waals surface area contributed by atoms with Crippen molar-refractivity contribution in [2.24, 2.45) is 0 Å². The summed E-state index contributed by atoms with van der Waals surface area (Å²) >= 11 is 0. The second-order valence-corrected chi connectivity index (χ2v) is 2.92. The van der Waals surface area contributed by atoms with Gasteiger partial charge in [0.05, 0.1) is 6.10 Å².